The van der Waals surface area contributed by atoms with Gasteiger partial charge in [0.2, 0.25) is 0 Å². The number of methoxy groups -OCH3 is 1. The zero-order chi connectivity index (χ0) is 16.2. The largest absolute Gasteiger partial charge is 0.497 e. The Bertz CT molecular complexity index is 915. The van der Waals surface area contributed by atoms with Crippen LogP contribution in [0.1, 0.15) is 15.9 Å². The number of carbonyl (C=O) groups is 1. The van der Waals surface area contributed by atoms with Crippen LogP contribution in [-0.2, 0) is 6.54 Å². The maximum absolute atomic E-state index is 12.0. The van der Waals surface area contributed by atoms with Gasteiger partial charge in [-0.1, -0.05) is 18.2 Å². The van der Waals surface area contributed by atoms with Crippen LogP contribution < -0.4 is 15.6 Å². The van der Waals surface area contributed by atoms with Crippen molar-refractivity contribution in [1.29, 1.82) is 0 Å². The second-order valence-electron chi connectivity index (χ2n) is 5.14. The molecule has 0 bridgehead atoms. The van der Waals surface area contributed by atoms with Gasteiger partial charge in [0.05, 0.1) is 7.11 Å². The highest BCUT2D eigenvalue weighted by Crippen LogP contribution is 2.21. The van der Waals surface area contributed by atoms with Crippen molar-refractivity contribution >= 4 is 16.7 Å². The lowest BCUT2D eigenvalue weighted by Gasteiger charge is -2.07. The molecule has 0 saturated heterocycles. The molecule has 1 heterocycles. The molecule has 3 rings (SSSR count). The zero-order valence-corrected chi connectivity index (χ0v) is 12.6. The van der Waals surface area contributed by atoms with Gasteiger partial charge in [-0.3, -0.25) is 9.59 Å². The fourth-order valence-electron chi connectivity index (χ4n) is 2.39. The van der Waals surface area contributed by atoms with Crippen LogP contribution in [0.25, 0.3) is 10.8 Å². The van der Waals surface area contributed by atoms with Crippen molar-refractivity contribution in [1.82, 2.24) is 10.3 Å². The number of benzene rings is 2. The minimum Gasteiger partial charge on any atom is -0.497 e. The van der Waals surface area contributed by atoms with E-state index in [4.69, 9.17) is 4.74 Å². The van der Waals surface area contributed by atoms with Gasteiger partial charge in [0.25, 0.3) is 11.5 Å². The van der Waals surface area contributed by atoms with Crippen LogP contribution in [0.4, 0.5) is 0 Å². The summed E-state index contributed by atoms with van der Waals surface area (Å²) in [6, 6.07) is 14.9. The van der Waals surface area contributed by atoms with Gasteiger partial charge in [0.1, 0.15) is 11.3 Å². The number of carbonyl (C=O) groups excluding carboxylic acids is 1. The first-order valence-corrected chi connectivity index (χ1v) is 7.20. The Morgan fingerprint density at radius 3 is 2.70 bits per heavy atom. The van der Waals surface area contributed by atoms with Crippen molar-refractivity contribution < 1.29 is 9.53 Å². The summed E-state index contributed by atoms with van der Waals surface area (Å²) in [4.78, 5) is 26.1. The summed E-state index contributed by atoms with van der Waals surface area (Å²) in [5.41, 5.74) is 0.678. The molecule has 0 radical (unpaired) electrons. The molecule has 2 aromatic carbocycles. The lowest BCUT2D eigenvalue weighted by molar-refractivity contribution is 0.0949. The summed E-state index contributed by atoms with van der Waals surface area (Å²) in [5, 5.41) is 4.89. The third kappa shape index (κ3) is 3.23. The Morgan fingerprint density at radius 1 is 1.13 bits per heavy atom. The molecule has 1 aromatic heterocycles. The first-order chi connectivity index (χ1) is 11.2. The Kier molecular flexibility index (Phi) is 4.10. The van der Waals surface area contributed by atoms with Crippen molar-refractivity contribution in [2.45, 2.75) is 6.54 Å². The average Bonchev–Trinajstić information content (AvgIpc) is 2.59. The van der Waals surface area contributed by atoms with Crippen LogP contribution in [0.2, 0.25) is 0 Å². The van der Waals surface area contributed by atoms with E-state index in [1.165, 1.54) is 12.3 Å². The third-order valence-corrected chi connectivity index (χ3v) is 3.63. The molecule has 0 aliphatic rings. The van der Waals surface area contributed by atoms with Crippen molar-refractivity contribution in [3.8, 4) is 5.75 Å². The summed E-state index contributed by atoms with van der Waals surface area (Å²) >= 11 is 0. The predicted molar refractivity (Wildman–Crippen MR) is 88.7 cm³/mol. The highest BCUT2D eigenvalue weighted by atomic mass is 16.5. The standard InChI is InChI=1S/C18H16N2O3/c1-23-15-7-6-13-9-12(4-5-14(13)10-15)11-20-18(22)16-3-2-8-19-17(16)21/h2-10H,11H2,1H3,(H,19,21)(H,20,22). The fourth-order valence-corrected chi connectivity index (χ4v) is 2.39. The van der Waals surface area contributed by atoms with Gasteiger partial charge < -0.3 is 15.0 Å². The summed E-state index contributed by atoms with van der Waals surface area (Å²) in [5.74, 6) is 0.420. The van der Waals surface area contributed by atoms with Crippen LogP contribution in [-0.4, -0.2) is 18.0 Å². The van der Waals surface area contributed by atoms with Gasteiger partial charge in [-0.05, 0) is 46.7 Å². The average molecular weight is 308 g/mol. The van der Waals surface area contributed by atoms with E-state index < -0.39 is 5.56 Å². The number of ether oxygens (including phenoxy) is 1. The molecule has 0 spiro atoms. The van der Waals surface area contributed by atoms with Crippen LogP contribution in [0.3, 0.4) is 0 Å². The van der Waals surface area contributed by atoms with E-state index in [0.29, 0.717) is 6.54 Å². The Hall–Kier alpha value is -3.08. The molecule has 0 aliphatic carbocycles. The molecule has 0 atom stereocenters. The molecule has 23 heavy (non-hydrogen) atoms. The van der Waals surface area contributed by atoms with E-state index in [-0.39, 0.29) is 11.5 Å². The molecule has 0 saturated carbocycles. The van der Waals surface area contributed by atoms with Gasteiger partial charge in [0.15, 0.2) is 0 Å². The number of H-pyrrole nitrogens is 1. The van der Waals surface area contributed by atoms with Crippen molar-refractivity contribution in [2.24, 2.45) is 0 Å². The van der Waals surface area contributed by atoms with Crippen molar-refractivity contribution in [2.75, 3.05) is 7.11 Å². The number of aromatic nitrogens is 1. The fraction of sp³-hybridized carbons (Fsp3) is 0.111. The van der Waals surface area contributed by atoms with Crippen molar-refractivity contribution in [3.63, 3.8) is 0 Å². The van der Waals surface area contributed by atoms with Gasteiger partial charge in [-0.2, -0.15) is 0 Å². The summed E-state index contributed by atoms with van der Waals surface area (Å²) < 4.78 is 5.20. The highest BCUT2D eigenvalue weighted by Gasteiger charge is 2.09. The minimum atomic E-state index is -0.393. The van der Waals surface area contributed by atoms with E-state index in [0.717, 1.165) is 22.1 Å². The lowest BCUT2D eigenvalue weighted by atomic mass is 10.1. The monoisotopic (exact) mass is 308 g/mol. The van der Waals surface area contributed by atoms with Gasteiger partial charge >= 0.3 is 0 Å². The zero-order valence-electron chi connectivity index (χ0n) is 12.6. The summed E-state index contributed by atoms with van der Waals surface area (Å²) in [6.45, 7) is 0.356. The van der Waals surface area contributed by atoms with Crippen LogP contribution >= 0.6 is 0 Å². The molecule has 5 heteroatoms. The smallest absolute Gasteiger partial charge is 0.260 e. The first-order valence-electron chi connectivity index (χ1n) is 7.20. The Labute approximate surface area is 132 Å². The molecule has 1 amide bonds. The van der Waals surface area contributed by atoms with Gasteiger partial charge in [-0.15, -0.1) is 0 Å². The number of fused-ring (bicyclic) bond motifs is 1. The van der Waals surface area contributed by atoms with E-state index in [1.54, 1.807) is 13.2 Å². The van der Waals surface area contributed by atoms with E-state index >= 15 is 0 Å². The molecule has 0 aliphatic heterocycles. The van der Waals surface area contributed by atoms with Crippen LogP contribution in [0.5, 0.6) is 5.75 Å². The second kappa shape index (κ2) is 6.36. The second-order valence-corrected chi connectivity index (χ2v) is 5.14. The van der Waals surface area contributed by atoms with E-state index in [2.05, 4.69) is 10.3 Å². The molecule has 0 unspecified atom stereocenters. The third-order valence-electron chi connectivity index (χ3n) is 3.63. The molecule has 5 nitrogen and oxygen atoms in total. The quantitative estimate of drug-likeness (QED) is 0.778. The molecule has 3 aromatic rings. The summed E-state index contributed by atoms with van der Waals surface area (Å²) in [7, 11) is 1.64. The highest BCUT2D eigenvalue weighted by molar-refractivity contribution is 5.93. The Morgan fingerprint density at radius 2 is 1.91 bits per heavy atom. The maximum atomic E-state index is 12.0. The minimum absolute atomic E-state index is 0.109. The lowest BCUT2D eigenvalue weighted by Crippen LogP contribution is -2.28. The van der Waals surface area contributed by atoms with Gasteiger partial charge in [0, 0.05) is 12.7 Å². The number of pyridine rings is 1. The Balaban J connectivity index is 1.76. The number of nitrogens with one attached hydrogen (secondary N) is 2. The SMILES string of the molecule is COc1ccc2cc(CNC(=O)c3ccc[nH]c3=O)ccc2c1. The van der Waals surface area contributed by atoms with Gasteiger partial charge in [-0.25, -0.2) is 0 Å². The predicted octanol–water partition coefficient (Wildman–Crippen LogP) is 2.47. The molecular weight excluding hydrogens is 292 g/mol. The van der Waals surface area contributed by atoms with E-state index in [9.17, 15) is 9.59 Å². The molecule has 116 valence electrons. The van der Waals surface area contributed by atoms with Crippen molar-refractivity contribution in [3.05, 3.63) is 76.2 Å². The first kappa shape index (κ1) is 14.8. The number of amides is 1. The number of rotatable bonds is 4. The number of hydrogen-bond acceptors (Lipinski definition) is 3. The molecular formula is C18H16N2O3. The maximum Gasteiger partial charge on any atom is 0.260 e. The van der Waals surface area contributed by atoms with Crippen LogP contribution in [0, 0.1) is 0 Å². The number of aromatic amines is 1. The molecule has 2 N–H and O–H groups in total. The summed E-state index contributed by atoms with van der Waals surface area (Å²) in [6.07, 6.45) is 1.50. The number of hydrogen-bond donors (Lipinski definition) is 2. The van der Waals surface area contributed by atoms with E-state index in [1.807, 2.05) is 36.4 Å². The van der Waals surface area contributed by atoms with Crippen LogP contribution in [0.15, 0.2) is 59.5 Å². The molecule has 0 fully saturated rings. The topological polar surface area (TPSA) is 71.2 Å². The normalized spacial score (nSPS) is 10.5.